The van der Waals surface area contributed by atoms with Gasteiger partial charge in [-0.2, -0.15) is 0 Å². The molecule has 4 heteroatoms. The average Bonchev–Trinajstić information content (AvgIpc) is 2.99. The lowest BCUT2D eigenvalue weighted by Crippen LogP contribution is -1.90. The molecule has 0 amide bonds. The number of rotatable bonds is 2. The summed E-state index contributed by atoms with van der Waals surface area (Å²) >= 11 is 0. The fourth-order valence-corrected chi connectivity index (χ4v) is 2.54. The van der Waals surface area contributed by atoms with E-state index in [1.807, 2.05) is 36.4 Å². The Kier molecular flexibility index (Phi) is 2.29. The van der Waals surface area contributed by atoms with Crippen LogP contribution >= 0.6 is 0 Å². The van der Waals surface area contributed by atoms with Crippen molar-refractivity contribution in [2.24, 2.45) is 0 Å². The van der Waals surface area contributed by atoms with Crippen LogP contribution in [-0.4, -0.2) is 10.2 Å². The lowest BCUT2D eigenvalue weighted by Gasteiger charge is -2.03. The van der Waals surface area contributed by atoms with Crippen molar-refractivity contribution in [2.45, 2.75) is 0 Å². The molecule has 0 saturated carbocycles. The maximum atomic E-state index is 13.3. The van der Waals surface area contributed by atoms with Crippen LogP contribution in [0.15, 0.2) is 54.6 Å². The highest BCUT2D eigenvalue weighted by Crippen LogP contribution is 2.38. The molecule has 0 saturated heterocycles. The number of fused-ring (bicyclic) bond motifs is 3. The number of hydrogen-bond acceptors (Lipinski definition) is 1. The Balaban J connectivity index is 1.82. The zero-order chi connectivity index (χ0) is 13.5. The van der Waals surface area contributed by atoms with Crippen LogP contribution in [0, 0.1) is 5.82 Å². The van der Waals surface area contributed by atoms with E-state index >= 15 is 0 Å². The van der Waals surface area contributed by atoms with Gasteiger partial charge in [0.2, 0.25) is 0 Å². The van der Waals surface area contributed by atoms with Crippen molar-refractivity contribution in [1.29, 1.82) is 0 Å². The van der Waals surface area contributed by atoms with Crippen molar-refractivity contribution >= 4 is 22.3 Å². The van der Waals surface area contributed by atoms with Gasteiger partial charge in [0.05, 0.1) is 5.69 Å². The third-order valence-corrected chi connectivity index (χ3v) is 3.48. The topological polar surface area (TPSA) is 43.6 Å². The highest BCUT2D eigenvalue weighted by Gasteiger charge is 2.16. The van der Waals surface area contributed by atoms with E-state index in [-0.39, 0.29) is 5.82 Å². The molecule has 0 aromatic heterocycles. The highest BCUT2D eigenvalue weighted by molar-refractivity contribution is 6.04. The first-order chi connectivity index (χ1) is 9.81. The average molecular weight is 265 g/mol. The van der Waals surface area contributed by atoms with Crippen molar-refractivity contribution in [1.82, 2.24) is 10.2 Å². The smallest absolute Gasteiger partial charge is 0.132 e. The van der Waals surface area contributed by atoms with Crippen LogP contribution in [0.4, 0.5) is 15.9 Å². The number of hydrogen-bond donors (Lipinski definition) is 3. The molecule has 3 N–H and O–H groups in total. The second kappa shape index (κ2) is 4.13. The number of aromatic amines is 2. The normalized spacial score (nSPS) is 11.2. The standard InChI is InChI=1S/C16H12FN3/c17-11-6-7-13-10(8-11)9-14-15(13)19-20-16(14)18-12-4-2-1-3-5-12/h1-9,18-20H. The lowest BCUT2D eigenvalue weighted by molar-refractivity contribution is 0.630. The minimum Gasteiger partial charge on any atom is -0.340 e. The Morgan fingerprint density at radius 1 is 0.900 bits per heavy atom. The highest BCUT2D eigenvalue weighted by atomic mass is 19.1. The fourth-order valence-electron chi connectivity index (χ4n) is 2.54. The van der Waals surface area contributed by atoms with Gasteiger partial charge in [0, 0.05) is 16.6 Å². The van der Waals surface area contributed by atoms with Gasteiger partial charge in [-0.15, -0.1) is 0 Å². The quantitative estimate of drug-likeness (QED) is 0.491. The molecule has 0 spiro atoms. The SMILES string of the molecule is Fc1ccc2c3[nH][nH]c(Nc4ccccc4)c-3cc2c1. The molecule has 0 atom stereocenters. The summed E-state index contributed by atoms with van der Waals surface area (Å²) in [4.78, 5) is 0. The van der Waals surface area contributed by atoms with Crippen LogP contribution in [0.25, 0.3) is 22.0 Å². The Labute approximate surface area is 114 Å². The fraction of sp³-hybridized carbons (Fsp3) is 0. The van der Waals surface area contributed by atoms with Gasteiger partial charge in [-0.1, -0.05) is 18.2 Å². The van der Waals surface area contributed by atoms with Crippen LogP contribution < -0.4 is 5.32 Å². The summed E-state index contributed by atoms with van der Waals surface area (Å²) in [5.41, 5.74) is 3.01. The largest absolute Gasteiger partial charge is 0.340 e. The van der Waals surface area contributed by atoms with Crippen LogP contribution in [-0.2, 0) is 0 Å². The first-order valence-corrected chi connectivity index (χ1v) is 6.42. The number of anilines is 2. The van der Waals surface area contributed by atoms with Gasteiger partial charge in [-0.3, -0.25) is 10.2 Å². The van der Waals surface area contributed by atoms with E-state index < -0.39 is 0 Å². The summed E-state index contributed by atoms with van der Waals surface area (Å²) in [5.74, 6) is 0.662. The van der Waals surface area contributed by atoms with Crippen LogP contribution in [0.1, 0.15) is 0 Å². The van der Waals surface area contributed by atoms with Gasteiger partial charge in [0.15, 0.2) is 0 Å². The van der Waals surface area contributed by atoms with Crippen molar-refractivity contribution in [3.05, 3.63) is 60.4 Å². The van der Waals surface area contributed by atoms with Crippen molar-refractivity contribution in [3.8, 4) is 11.3 Å². The molecule has 1 aliphatic carbocycles. The summed E-state index contributed by atoms with van der Waals surface area (Å²) in [5, 5.41) is 11.5. The van der Waals surface area contributed by atoms with Gasteiger partial charge in [0.1, 0.15) is 11.6 Å². The molecule has 0 unspecified atom stereocenters. The maximum Gasteiger partial charge on any atom is 0.132 e. The summed E-state index contributed by atoms with van der Waals surface area (Å²) in [6, 6.07) is 16.7. The van der Waals surface area contributed by atoms with Gasteiger partial charge in [-0.25, -0.2) is 4.39 Å². The predicted octanol–water partition coefficient (Wildman–Crippen LogP) is 4.48. The first-order valence-electron chi connectivity index (χ1n) is 6.42. The summed E-state index contributed by atoms with van der Waals surface area (Å²) in [7, 11) is 0. The minimum atomic E-state index is -0.216. The van der Waals surface area contributed by atoms with E-state index in [4.69, 9.17) is 0 Å². The molecular weight excluding hydrogens is 253 g/mol. The van der Waals surface area contributed by atoms with E-state index in [2.05, 4.69) is 15.5 Å². The second-order valence-electron chi connectivity index (χ2n) is 4.78. The Morgan fingerprint density at radius 3 is 2.60 bits per heavy atom. The minimum absolute atomic E-state index is 0.216. The Morgan fingerprint density at radius 2 is 1.75 bits per heavy atom. The molecule has 0 fully saturated rings. The molecule has 0 radical (unpaired) electrons. The number of H-pyrrole nitrogens is 2. The van der Waals surface area contributed by atoms with Gasteiger partial charge in [-0.05, 0) is 41.8 Å². The van der Waals surface area contributed by atoms with E-state index in [9.17, 15) is 4.39 Å². The molecule has 98 valence electrons. The second-order valence-corrected chi connectivity index (χ2v) is 4.78. The number of nitrogens with one attached hydrogen (secondary N) is 3. The van der Waals surface area contributed by atoms with E-state index in [0.717, 1.165) is 33.5 Å². The maximum absolute atomic E-state index is 13.3. The first kappa shape index (κ1) is 11.1. The summed E-state index contributed by atoms with van der Waals surface area (Å²) < 4.78 is 13.3. The zero-order valence-electron chi connectivity index (χ0n) is 10.6. The van der Waals surface area contributed by atoms with Gasteiger partial charge in [0.25, 0.3) is 0 Å². The lowest BCUT2D eigenvalue weighted by atomic mass is 10.2. The molecular formula is C16H12FN3. The Bertz CT molecular complexity index is 845. The van der Waals surface area contributed by atoms with Crippen LogP contribution in [0.3, 0.4) is 0 Å². The predicted molar refractivity (Wildman–Crippen MR) is 79.0 cm³/mol. The molecule has 3 nitrogen and oxygen atoms in total. The number of para-hydroxylation sites is 1. The zero-order valence-corrected chi connectivity index (χ0v) is 10.6. The van der Waals surface area contributed by atoms with Gasteiger partial charge < -0.3 is 5.32 Å². The molecule has 2 aromatic rings. The van der Waals surface area contributed by atoms with E-state index in [0.29, 0.717) is 0 Å². The third kappa shape index (κ3) is 1.66. The summed E-state index contributed by atoms with van der Waals surface area (Å²) in [6.45, 7) is 0. The third-order valence-electron chi connectivity index (χ3n) is 3.48. The van der Waals surface area contributed by atoms with Crippen LogP contribution in [0.5, 0.6) is 0 Å². The van der Waals surface area contributed by atoms with Gasteiger partial charge >= 0.3 is 0 Å². The molecule has 0 bridgehead atoms. The number of benzene rings is 2. The summed E-state index contributed by atoms with van der Waals surface area (Å²) in [6.07, 6.45) is 0. The molecule has 20 heavy (non-hydrogen) atoms. The molecule has 2 aliphatic rings. The van der Waals surface area contributed by atoms with Crippen molar-refractivity contribution in [2.75, 3.05) is 5.32 Å². The molecule has 1 aliphatic heterocycles. The molecule has 4 rings (SSSR count). The van der Waals surface area contributed by atoms with Crippen molar-refractivity contribution < 1.29 is 4.39 Å². The van der Waals surface area contributed by atoms with E-state index in [1.54, 1.807) is 12.1 Å². The number of halogens is 1. The monoisotopic (exact) mass is 265 g/mol. The van der Waals surface area contributed by atoms with Crippen LogP contribution in [0.2, 0.25) is 0 Å². The Hall–Kier alpha value is -2.75. The van der Waals surface area contributed by atoms with Crippen molar-refractivity contribution in [3.63, 3.8) is 0 Å². The van der Waals surface area contributed by atoms with E-state index in [1.165, 1.54) is 6.07 Å². The molecule has 1 heterocycles. The number of aromatic nitrogens is 2. The molecule has 2 aromatic carbocycles.